The van der Waals surface area contributed by atoms with E-state index in [0.29, 0.717) is 41.4 Å². The number of amides is 1. The molecule has 11 heteroatoms. The van der Waals surface area contributed by atoms with Crippen LogP contribution in [0.3, 0.4) is 0 Å². The maximum atomic E-state index is 13.0. The van der Waals surface area contributed by atoms with Crippen molar-refractivity contribution < 1.29 is 14.7 Å². The monoisotopic (exact) mass is 520 g/mol. The molecule has 192 valence electrons. The molecule has 0 aliphatic rings. The summed E-state index contributed by atoms with van der Waals surface area (Å²) in [6.07, 6.45) is 4.44. The first-order valence-corrected chi connectivity index (χ1v) is 12.7. The number of nitrogens with zero attached hydrogens (tertiary/aromatic N) is 3. The van der Waals surface area contributed by atoms with Gasteiger partial charge in [0.15, 0.2) is 11.3 Å². The molecule has 1 amide bonds. The highest BCUT2D eigenvalue weighted by Gasteiger charge is 2.17. The second-order valence-corrected chi connectivity index (χ2v) is 9.03. The normalized spacial score (nSPS) is 11.2. The Morgan fingerprint density at radius 3 is 2.70 bits per heavy atom. The highest BCUT2D eigenvalue weighted by atomic mass is 32.2. The molecule has 37 heavy (non-hydrogen) atoms. The van der Waals surface area contributed by atoms with E-state index < -0.39 is 5.91 Å². The number of aromatic nitrogens is 4. The van der Waals surface area contributed by atoms with Gasteiger partial charge in [0, 0.05) is 23.1 Å². The molecule has 0 aliphatic carbocycles. The van der Waals surface area contributed by atoms with Crippen molar-refractivity contribution in [2.75, 3.05) is 11.3 Å². The van der Waals surface area contributed by atoms with Gasteiger partial charge >= 0.3 is 0 Å². The molecule has 0 radical (unpaired) electrons. The first kappa shape index (κ1) is 26.0. The van der Waals surface area contributed by atoms with Gasteiger partial charge in [-0.15, -0.1) is 5.10 Å². The zero-order chi connectivity index (χ0) is 26.4. The van der Waals surface area contributed by atoms with E-state index in [1.54, 1.807) is 16.1 Å². The summed E-state index contributed by atoms with van der Waals surface area (Å²) in [7, 11) is 0. The van der Waals surface area contributed by atoms with Crippen molar-refractivity contribution in [2.24, 2.45) is 0 Å². The van der Waals surface area contributed by atoms with Gasteiger partial charge in [0.05, 0.1) is 17.9 Å². The van der Waals surface area contributed by atoms with E-state index in [1.807, 2.05) is 56.3 Å². The summed E-state index contributed by atoms with van der Waals surface area (Å²) in [6.45, 7) is 6.25. The molecule has 2 aromatic heterocycles. The Balaban J connectivity index is 1.61. The molecule has 2 heterocycles. The summed E-state index contributed by atoms with van der Waals surface area (Å²) in [5, 5.41) is 13.3. The van der Waals surface area contributed by atoms with Gasteiger partial charge in [-0.05, 0) is 74.2 Å². The number of H-pyrrole nitrogens is 1. The number of aryl methyl sites for hydroxylation is 2. The van der Waals surface area contributed by atoms with E-state index in [2.05, 4.69) is 21.6 Å². The van der Waals surface area contributed by atoms with Crippen LogP contribution in [0.5, 0.6) is 5.75 Å². The van der Waals surface area contributed by atoms with E-state index in [9.17, 15) is 9.59 Å². The summed E-state index contributed by atoms with van der Waals surface area (Å²) in [5.74, 6) is 1.18. The highest BCUT2D eigenvalue weighted by molar-refractivity contribution is 8.00. The maximum Gasteiger partial charge on any atom is 0.277 e. The van der Waals surface area contributed by atoms with Crippen LogP contribution in [-0.2, 0) is 11.2 Å². The lowest BCUT2D eigenvalue weighted by Gasteiger charge is -2.13. The van der Waals surface area contributed by atoms with Crippen LogP contribution in [0.25, 0.3) is 23.0 Å². The van der Waals surface area contributed by atoms with Crippen LogP contribution in [0.15, 0.2) is 58.2 Å². The zero-order valence-electron chi connectivity index (χ0n) is 20.7. The molecule has 4 N–H and O–H groups in total. The van der Waals surface area contributed by atoms with E-state index in [0.717, 1.165) is 28.4 Å². The van der Waals surface area contributed by atoms with Crippen LogP contribution < -0.4 is 20.5 Å². The Kier molecular flexibility index (Phi) is 8.26. The van der Waals surface area contributed by atoms with Gasteiger partial charge in [0.2, 0.25) is 0 Å². The molecule has 4 rings (SSSR count). The smallest absolute Gasteiger partial charge is 0.277 e. The molecule has 0 spiro atoms. The molecular weight excluding hydrogens is 492 g/mol. The summed E-state index contributed by atoms with van der Waals surface area (Å²) in [6, 6.07) is 13.2. The second kappa shape index (κ2) is 11.8. The van der Waals surface area contributed by atoms with Gasteiger partial charge in [0.25, 0.3) is 11.5 Å². The summed E-state index contributed by atoms with van der Waals surface area (Å²) < 4.78 is 10.8. The molecule has 4 aromatic rings. The van der Waals surface area contributed by atoms with Crippen LogP contribution in [0.1, 0.15) is 37.4 Å². The van der Waals surface area contributed by atoms with Gasteiger partial charge in [-0.1, -0.05) is 19.1 Å². The average molecular weight is 521 g/mol. The Morgan fingerprint density at radius 2 is 2.00 bits per heavy atom. The molecule has 0 bridgehead atoms. The Bertz CT molecular complexity index is 1490. The molecule has 2 aromatic carbocycles. The Morgan fingerprint density at radius 1 is 1.22 bits per heavy atom. The first-order chi connectivity index (χ1) is 17.9. The van der Waals surface area contributed by atoms with Gasteiger partial charge in [-0.25, -0.2) is 15.0 Å². The number of hydrogen-bond donors (Lipinski definition) is 4. The number of hydroxylamine groups is 1. The quantitative estimate of drug-likeness (QED) is 0.105. The molecule has 0 fully saturated rings. The molecule has 0 saturated carbocycles. The first-order valence-electron chi connectivity index (χ1n) is 11.8. The van der Waals surface area contributed by atoms with Crippen LogP contribution in [0, 0.1) is 6.92 Å². The number of anilines is 1. The predicted octanol–water partition coefficient (Wildman–Crippen LogP) is 4.38. The van der Waals surface area contributed by atoms with Gasteiger partial charge in [-0.2, -0.15) is 0 Å². The van der Waals surface area contributed by atoms with Crippen LogP contribution in [-0.4, -0.2) is 37.3 Å². The number of carbonyl (C=O) groups is 1. The third-order valence-corrected chi connectivity index (χ3v) is 6.28. The average Bonchev–Trinajstić information content (AvgIpc) is 3.22. The number of imidazole rings is 1. The van der Waals surface area contributed by atoms with Gasteiger partial charge in [0.1, 0.15) is 11.6 Å². The molecular formula is C26H28N6O4S. The number of ether oxygens (including phenoxy) is 1. The summed E-state index contributed by atoms with van der Waals surface area (Å²) in [4.78, 5) is 32.4. The van der Waals surface area contributed by atoms with Crippen molar-refractivity contribution in [2.45, 2.75) is 38.5 Å². The number of fused-ring (bicyclic) bond motifs is 1. The summed E-state index contributed by atoms with van der Waals surface area (Å²) >= 11 is 1.40. The lowest BCUT2D eigenvalue weighted by atomic mass is 10.2. The minimum absolute atomic E-state index is 0.249. The fourth-order valence-electron chi connectivity index (χ4n) is 3.77. The van der Waals surface area contributed by atoms with Crippen molar-refractivity contribution in [1.29, 1.82) is 0 Å². The Labute approximate surface area is 217 Å². The number of hydrogen-bond acceptors (Lipinski definition) is 8. The van der Waals surface area contributed by atoms with E-state index in [-0.39, 0.29) is 5.56 Å². The maximum absolute atomic E-state index is 13.0. The molecule has 0 atom stereocenters. The summed E-state index contributed by atoms with van der Waals surface area (Å²) in [5.41, 5.74) is 4.75. The number of benzene rings is 2. The van der Waals surface area contributed by atoms with Crippen molar-refractivity contribution in [3.63, 3.8) is 0 Å². The third kappa shape index (κ3) is 6.01. The van der Waals surface area contributed by atoms with E-state index in [1.165, 1.54) is 18.0 Å². The minimum Gasteiger partial charge on any atom is -0.493 e. The molecule has 0 saturated heterocycles. The van der Waals surface area contributed by atoms with Crippen molar-refractivity contribution >= 4 is 35.1 Å². The topological polar surface area (TPSA) is 134 Å². The minimum atomic E-state index is -0.594. The molecule has 0 aliphatic heterocycles. The van der Waals surface area contributed by atoms with Gasteiger partial charge in [-0.3, -0.25) is 14.8 Å². The lowest BCUT2D eigenvalue weighted by molar-refractivity contribution is -0.124. The second-order valence-electron chi connectivity index (χ2n) is 8.15. The number of carbonyl (C=O) groups excluding carboxylic acids is 1. The highest BCUT2D eigenvalue weighted by Crippen LogP contribution is 2.33. The van der Waals surface area contributed by atoms with E-state index in [4.69, 9.17) is 15.0 Å². The van der Waals surface area contributed by atoms with Crippen molar-refractivity contribution in [3.05, 3.63) is 76.0 Å². The fourth-order valence-corrected chi connectivity index (χ4v) is 4.46. The predicted molar refractivity (Wildman–Crippen MR) is 144 cm³/mol. The van der Waals surface area contributed by atoms with Crippen LogP contribution in [0.4, 0.5) is 5.69 Å². The zero-order valence-corrected chi connectivity index (χ0v) is 21.6. The van der Waals surface area contributed by atoms with Crippen LogP contribution >= 0.6 is 11.9 Å². The number of rotatable bonds is 10. The standard InChI is InChI=1S/C26H28N6O4S/c1-4-6-22-27-16(3)24-26(34)28-25(29-32(22)24)20-15-19(12-13-21(20)36-5-2)37-31-18-10-7-17(8-11-18)9-14-23(33)30-35/h7-15,31,35H,4-6H2,1-3H3,(H,30,33)(H,28,29,34)/b14-9+. The largest absolute Gasteiger partial charge is 0.493 e. The van der Waals surface area contributed by atoms with Crippen LogP contribution in [0.2, 0.25) is 0 Å². The SMILES string of the molecule is CCCc1nc(C)c2c(=O)[nH]c(-c3cc(SNc4ccc(/C=C/C(=O)NO)cc4)ccc3OCC)nn12. The number of aromatic amines is 1. The van der Waals surface area contributed by atoms with Crippen molar-refractivity contribution in [1.82, 2.24) is 25.1 Å². The van der Waals surface area contributed by atoms with Gasteiger partial charge < -0.3 is 14.4 Å². The number of nitrogens with one attached hydrogen (secondary N) is 3. The lowest BCUT2D eigenvalue weighted by Crippen LogP contribution is -2.16. The third-order valence-electron chi connectivity index (χ3n) is 5.46. The van der Waals surface area contributed by atoms with Crippen molar-refractivity contribution in [3.8, 4) is 17.1 Å². The molecule has 10 nitrogen and oxygen atoms in total. The fraction of sp³-hybridized carbons (Fsp3) is 0.231. The molecule has 0 unspecified atom stereocenters. The Hall–Kier alpha value is -4.09. The van der Waals surface area contributed by atoms with E-state index >= 15 is 0 Å².